The van der Waals surface area contributed by atoms with Crippen LogP contribution in [0.1, 0.15) is 15.9 Å². The molecule has 2 rings (SSSR count). The van der Waals surface area contributed by atoms with Crippen LogP contribution in [0.15, 0.2) is 36.7 Å². The molecule has 6 heteroatoms. The molecule has 2 N–H and O–H groups in total. The molecule has 2 aromatic rings. The number of carbonyl (C=O) groups is 1. The normalized spacial score (nSPS) is 10.3. The number of carbonyl (C=O) groups excluding carboxylic acids is 1. The molecule has 0 saturated heterocycles. The number of nitrogens with zero attached hydrogens (tertiary/aromatic N) is 1. The van der Waals surface area contributed by atoms with Crippen molar-refractivity contribution >= 4 is 5.91 Å². The molecule has 20 heavy (non-hydrogen) atoms. The summed E-state index contributed by atoms with van der Waals surface area (Å²) < 4.78 is 25.9. The van der Waals surface area contributed by atoms with Crippen molar-refractivity contribution in [3.05, 3.63) is 59.4 Å². The summed E-state index contributed by atoms with van der Waals surface area (Å²) in [6.07, 6.45) is 2.83. The maximum Gasteiger partial charge on any atom is 0.252 e. The summed E-state index contributed by atoms with van der Waals surface area (Å²) in [6, 6.07) is 4.50. The van der Waals surface area contributed by atoms with Crippen LogP contribution in [0.25, 0.3) is 0 Å². The van der Waals surface area contributed by atoms with Crippen LogP contribution in [-0.4, -0.2) is 22.5 Å². The highest BCUT2D eigenvalue weighted by Gasteiger charge is 2.07. The second-order valence-corrected chi connectivity index (χ2v) is 4.22. The smallest absolute Gasteiger partial charge is 0.252 e. The monoisotopic (exact) mass is 278 g/mol. The van der Waals surface area contributed by atoms with Crippen molar-refractivity contribution in [1.82, 2.24) is 10.3 Å². The Hall–Kier alpha value is -2.50. The van der Waals surface area contributed by atoms with Crippen molar-refractivity contribution < 1.29 is 18.7 Å². The fourth-order valence-electron chi connectivity index (χ4n) is 1.73. The van der Waals surface area contributed by atoms with E-state index in [9.17, 15) is 18.7 Å². The number of aromatic nitrogens is 1. The van der Waals surface area contributed by atoms with Crippen LogP contribution in [0, 0.1) is 11.6 Å². The van der Waals surface area contributed by atoms with Crippen LogP contribution in [0.4, 0.5) is 8.78 Å². The number of halogens is 2. The number of nitrogens with one attached hydrogen (secondary N) is 1. The third-order valence-electron chi connectivity index (χ3n) is 2.61. The van der Waals surface area contributed by atoms with E-state index < -0.39 is 17.5 Å². The van der Waals surface area contributed by atoms with Gasteiger partial charge >= 0.3 is 0 Å². The van der Waals surface area contributed by atoms with Gasteiger partial charge in [-0.05, 0) is 30.2 Å². The van der Waals surface area contributed by atoms with Crippen LogP contribution in [0.2, 0.25) is 0 Å². The number of hydrogen-bond donors (Lipinski definition) is 2. The van der Waals surface area contributed by atoms with Crippen molar-refractivity contribution in [3.63, 3.8) is 0 Å². The Labute approximate surface area is 114 Å². The van der Waals surface area contributed by atoms with E-state index in [1.54, 1.807) is 0 Å². The van der Waals surface area contributed by atoms with Gasteiger partial charge in [0.1, 0.15) is 17.4 Å². The quantitative estimate of drug-likeness (QED) is 0.899. The van der Waals surface area contributed by atoms with E-state index in [0.717, 1.165) is 6.07 Å². The fraction of sp³-hybridized carbons (Fsp3) is 0.143. The maximum atomic E-state index is 13.0. The zero-order chi connectivity index (χ0) is 14.5. The van der Waals surface area contributed by atoms with E-state index >= 15 is 0 Å². The lowest BCUT2D eigenvalue weighted by Gasteiger charge is -2.06. The first-order chi connectivity index (χ1) is 9.54. The van der Waals surface area contributed by atoms with Gasteiger partial charge in [0.2, 0.25) is 0 Å². The molecule has 1 aromatic heterocycles. The molecular weight excluding hydrogens is 266 g/mol. The van der Waals surface area contributed by atoms with Crippen molar-refractivity contribution in [1.29, 1.82) is 0 Å². The molecule has 0 fully saturated rings. The zero-order valence-corrected chi connectivity index (χ0v) is 10.4. The van der Waals surface area contributed by atoms with Crippen LogP contribution in [-0.2, 0) is 6.42 Å². The average Bonchev–Trinajstić information content (AvgIpc) is 2.37. The Morgan fingerprint density at radius 1 is 1.15 bits per heavy atom. The molecule has 104 valence electrons. The Morgan fingerprint density at radius 2 is 1.85 bits per heavy atom. The minimum absolute atomic E-state index is 0.107. The van der Waals surface area contributed by atoms with Crippen LogP contribution < -0.4 is 5.32 Å². The van der Waals surface area contributed by atoms with Gasteiger partial charge in [-0.15, -0.1) is 0 Å². The topological polar surface area (TPSA) is 62.2 Å². The van der Waals surface area contributed by atoms with E-state index in [1.807, 2.05) is 0 Å². The predicted octanol–water partition coefficient (Wildman–Crippen LogP) is 2.04. The molecule has 0 bridgehead atoms. The van der Waals surface area contributed by atoms with E-state index in [0.29, 0.717) is 12.0 Å². The number of hydrogen-bond acceptors (Lipinski definition) is 3. The lowest BCUT2D eigenvalue weighted by atomic mass is 10.1. The summed E-state index contributed by atoms with van der Waals surface area (Å²) in [6.45, 7) is 0.220. The van der Waals surface area contributed by atoms with Crippen molar-refractivity contribution in [2.24, 2.45) is 0 Å². The van der Waals surface area contributed by atoms with Gasteiger partial charge in [-0.1, -0.05) is 0 Å². The molecule has 0 aliphatic heterocycles. The maximum absolute atomic E-state index is 13.0. The summed E-state index contributed by atoms with van der Waals surface area (Å²) >= 11 is 0. The molecule has 1 heterocycles. The number of pyridine rings is 1. The SMILES string of the molecule is O=C(NCCc1cc(F)cc(F)c1)c1cncc(O)c1. The van der Waals surface area contributed by atoms with Gasteiger partial charge in [-0.3, -0.25) is 9.78 Å². The largest absolute Gasteiger partial charge is 0.506 e. The number of rotatable bonds is 4. The Balaban J connectivity index is 1.91. The number of benzene rings is 1. The van der Waals surface area contributed by atoms with Gasteiger partial charge in [0.15, 0.2) is 0 Å². The summed E-state index contributed by atoms with van der Waals surface area (Å²) in [4.78, 5) is 15.4. The minimum Gasteiger partial charge on any atom is -0.506 e. The predicted molar refractivity (Wildman–Crippen MR) is 68.3 cm³/mol. The minimum atomic E-state index is -0.650. The molecule has 0 saturated carbocycles. The summed E-state index contributed by atoms with van der Waals surface area (Å²) in [5, 5.41) is 11.8. The molecule has 0 radical (unpaired) electrons. The number of aromatic hydroxyl groups is 1. The van der Waals surface area contributed by atoms with E-state index in [2.05, 4.69) is 10.3 Å². The van der Waals surface area contributed by atoms with Gasteiger partial charge in [-0.25, -0.2) is 8.78 Å². The molecule has 1 amide bonds. The lowest BCUT2D eigenvalue weighted by molar-refractivity contribution is 0.0953. The van der Waals surface area contributed by atoms with Gasteiger partial charge in [-0.2, -0.15) is 0 Å². The molecule has 0 atom stereocenters. The first kappa shape index (κ1) is 13.9. The van der Waals surface area contributed by atoms with E-state index in [-0.39, 0.29) is 17.9 Å². The van der Waals surface area contributed by atoms with Crippen LogP contribution in [0.5, 0.6) is 5.75 Å². The molecule has 0 aliphatic carbocycles. The van der Waals surface area contributed by atoms with Crippen molar-refractivity contribution in [3.8, 4) is 5.75 Å². The summed E-state index contributed by atoms with van der Waals surface area (Å²) in [5.41, 5.74) is 0.673. The summed E-state index contributed by atoms with van der Waals surface area (Å²) in [7, 11) is 0. The van der Waals surface area contributed by atoms with Crippen LogP contribution in [0.3, 0.4) is 0 Å². The van der Waals surface area contributed by atoms with Gasteiger partial charge < -0.3 is 10.4 Å². The zero-order valence-electron chi connectivity index (χ0n) is 10.4. The number of amides is 1. The second-order valence-electron chi connectivity index (χ2n) is 4.22. The first-order valence-electron chi connectivity index (χ1n) is 5.92. The molecule has 4 nitrogen and oxygen atoms in total. The molecular formula is C14H12F2N2O2. The average molecular weight is 278 g/mol. The third-order valence-corrected chi connectivity index (χ3v) is 2.61. The highest BCUT2D eigenvalue weighted by molar-refractivity contribution is 5.94. The first-order valence-corrected chi connectivity index (χ1v) is 5.92. The van der Waals surface area contributed by atoms with Crippen molar-refractivity contribution in [2.45, 2.75) is 6.42 Å². The van der Waals surface area contributed by atoms with Gasteiger partial charge in [0.25, 0.3) is 5.91 Å². The molecule has 0 unspecified atom stereocenters. The lowest BCUT2D eigenvalue weighted by Crippen LogP contribution is -2.25. The Bertz CT molecular complexity index is 612. The van der Waals surface area contributed by atoms with Gasteiger partial charge in [0.05, 0.1) is 11.8 Å². The van der Waals surface area contributed by atoms with E-state index in [1.165, 1.54) is 30.6 Å². The van der Waals surface area contributed by atoms with Crippen LogP contribution >= 0.6 is 0 Å². The Morgan fingerprint density at radius 3 is 2.50 bits per heavy atom. The highest BCUT2D eigenvalue weighted by Crippen LogP contribution is 2.09. The second kappa shape index (κ2) is 6.10. The Kier molecular flexibility index (Phi) is 4.24. The fourth-order valence-corrected chi connectivity index (χ4v) is 1.73. The molecule has 0 aliphatic rings. The van der Waals surface area contributed by atoms with Gasteiger partial charge in [0, 0.05) is 18.8 Å². The van der Waals surface area contributed by atoms with E-state index in [4.69, 9.17) is 0 Å². The standard InChI is InChI=1S/C14H12F2N2O2/c15-11-3-9(4-12(16)6-11)1-2-18-14(20)10-5-13(19)8-17-7-10/h3-8,19H,1-2H2,(H,18,20). The highest BCUT2D eigenvalue weighted by atomic mass is 19.1. The molecule has 0 spiro atoms. The summed E-state index contributed by atoms with van der Waals surface area (Å²) in [5.74, 6) is -1.82. The van der Waals surface area contributed by atoms with Crippen molar-refractivity contribution in [2.75, 3.05) is 6.54 Å². The molecule has 1 aromatic carbocycles. The third kappa shape index (κ3) is 3.74.